The smallest absolute Gasteiger partial charge is 0.234 e. The number of thiophene rings is 1. The average molecular weight is 324 g/mol. The minimum atomic E-state index is -0.154. The van der Waals surface area contributed by atoms with Gasteiger partial charge in [0.1, 0.15) is 0 Å². The van der Waals surface area contributed by atoms with Crippen LogP contribution in [-0.2, 0) is 20.7 Å². The van der Waals surface area contributed by atoms with Crippen LogP contribution in [0.1, 0.15) is 24.1 Å². The number of piperidine rings is 1. The lowest BCUT2D eigenvalue weighted by Crippen LogP contribution is -2.51. The Morgan fingerprint density at radius 2 is 2.23 bits per heavy atom. The maximum absolute atomic E-state index is 12.2. The summed E-state index contributed by atoms with van der Waals surface area (Å²) in [6, 6.07) is 4.37. The van der Waals surface area contributed by atoms with Gasteiger partial charge < -0.3 is 14.8 Å². The van der Waals surface area contributed by atoms with Crippen molar-refractivity contribution in [2.45, 2.75) is 38.0 Å². The summed E-state index contributed by atoms with van der Waals surface area (Å²) in [5, 5.41) is 5.09. The van der Waals surface area contributed by atoms with Gasteiger partial charge in [-0.2, -0.15) is 0 Å². The highest BCUT2D eigenvalue weighted by Gasteiger charge is 2.34. The van der Waals surface area contributed by atoms with Crippen LogP contribution in [-0.4, -0.2) is 56.0 Å². The van der Waals surface area contributed by atoms with Crippen LogP contribution < -0.4 is 5.32 Å². The number of rotatable bonds is 6. The quantitative estimate of drug-likeness (QED) is 0.864. The van der Waals surface area contributed by atoms with Gasteiger partial charge >= 0.3 is 0 Å². The Labute approximate surface area is 135 Å². The third-order valence-electron chi connectivity index (χ3n) is 4.25. The predicted molar refractivity (Wildman–Crippen MR) is 85.9 cm³/mol. The van der Waals surface area contributed by atoms with Gasteiger partial charge in [0.05, 0.1) is 25.8 Å². The zero-order valence-corrected chi connectivity index (χ0v) is 13.6. The topological polar surface area (TPSA) is 50.8 Å². The number of hydrogen-bond donors (Lipinski definition) is 1. The zero-order chi connectivity index (χ0) is 15.2. The average Bonchev–Trinajstić information content (AvgIpc) is 3.21. The van der Waals surface area contributed by atoms with E-state index in [4.69, 9.17) is 9.47 Å². The van der Waals surface area contributed by atoms with E-state index in [0.29, 0.717) is 26.3 Å². The molecule has 1 N–H and O–H groups in total. The molecule has 6 heteroatoms. The Bertz CT molecular complexity index is 460. The van der Waals surface area contributed by atoms with Crippen molar-refractivity contribution in [2.75, 3.05) is 32.8 Å². The maximum atomic E-state index is 12.2. The summed E-state index contributed by atoms with van der Waals surface area (Å²) in [5.41, 5.74) is 0. The molecule has 0 aliphatic carbocycles. The van der Waals surface area contributed by atoms with Gasteiger partial charge in [-0.25, -0.2) is 0 Å². The molecule has 3 heterocycles. The second-order valence-corrected chi connectivity index (χ2v) is 6.86. The summed E-state index contributed by atoms with van der Waals surface area (Å²) in [5.74, 6) is 0.0986. The Morgan fingerprint density at radius 1 is 1.36 bits per heavy atom. The monoisotopic (exact) mass is 324 g/mol. The minimum absolute atomic E-state index is 0.0986. The van der Waals surface area contributed by atoms with Gasteiger partial charge in [-0.3, -0.25) is 9.69 Å². The highest BCUT2D eigenvalue weighted by atomic mass is 32.1. The zero-order valence-electron chi connectivity index (χ0n) is 12.8. The van der Waals surface area contributed by atoms with Crippen LogP contribution in [0.15, 0.2) is 17.5 Å². The van der Waals surface area contributed by atoms with Crippen LogP contribution in [0.3, 0.4) is 0 Å². The number of nitrogens with one attached hydrogen (secondary N) is 1. The summed E-state index contributed by atoms with van der Waals surface area (Å²) < 4.78 is 11.3. The van der Waals surface area contributed by atoms with Crippen molar-refractivity contribution in [1.82, 2.24) is 10.2 Å². The molecule has 1 aromatic rings. The lowest BCUT2D eigenvalue weighted by atomic mass is 10.0. The standard InChI is InChI=1S/C16H24N2O3S/c19-15(17-7-6-13-4-3-11-22-13)12-18-8-2-1-5-14(18)16-20-9-10-21-16/h3-4,11,14,16H,1-2,5-10,12H2,(H,17,19). The normalized spacial score (nSPS) is 23.7. The first kappa shape index (κ1) is 15.9. The van der Waals surface area contributed by atoms with Crippen LogP contribution >= 0.6 is 11.3 Å². The summed E-state index contributed by atoms with van der Waals surface area (Å²) in [6.07, 6.45) is 4.13. The Morgan fingerprint density at radius 3 is 3.00 bits per heavy atom. The van der Waals surface area contributed by atoms with Crippen LogP contribution in [0.2, 0.25) is 0 Å². The molecule has 0 radical (unpaired) electrons. The lowest BCUT2D eigenvalue weighted by molar-refractivity contribution is -0.131. The molecule has 1 unspecified atom stereocenters. The van der Waals surface area contributed by atoms with Crippen molar-refractivity contribution in [1.29, 1.82) is 0 Å². The number of ether oxygens (including phenoxy) is 2. The number of hydrogen-bond acceptors (Lipinski definition) is 5. The van der Waals surface area contributed by atoms with E-state index in [9.17, 15) is 4.79 Å². The van der Waals surface area contributed by atoms with Crippen LogP contribution in [0.25, 0.3) is 0 Å². The molecule has 1 amide bonds. The van der Waals surface area contributed by atoms with Crippen molar-refractivity contribution < 1.29 is 14.3 Å². The van der Waals surface area contributed by atoms with E-state index in [-0.39, 0.29) is 18.2 Å². The maximum Gasteiger partial charge on any atom is 0.234 e. The molecule has 0 saturated carbocycles. The fourth-order valence-corrected chi connectivity index (χ4v) is 3.85. The molecule has 2 aliphatic rings. The number of likely N-dealkylation sites (tertiary alicyclic amines) is 1. The largest absolute Gasteiger partial charge is 0.355 e. The number of carbonyl (C=O) groups is 1. The van der Waals surface area contributed by atoms with E-state index in [1.165, 1.54) is 11.3 Å². The van der Waals surface area contributed by atoms with E-state index < -0.39 is 0 Å². The third kappa shape index (κ3) is 4.29. The summed E-state index contributed by atoms with van der Waals surface area (Å²) in [6.45, 7) is 3.43. The van der Waals surface area contributed by atoms with Crippen LogP contribution in [0.4, 0.5) is 0 Å². The second-order valence-electron chi connectivity index (χ2n) is 5.82. The Kier molecular flexibility index (Phi) is 5.83. The first-order chi connectivity index (χ1) is 10.8. The van der Waals surface area contributed by atoms with Gasteiger partial charge in [0.25, 0.3) is 0 Å². The van der Waals surface area contributed by atoms with Crippen LogP contribution in [0.5, 0.6) is 0 Å². The van der Waals surface area contributed by atoms with E-state index in [0.717, 1.165) is 25.8 Å². The van der Waals surface area contributed by atoms with Gasteiger partial charge in [0.2, 0.25) is 5.91 Å². The highest BCUT2D eigenvalue weighted by Crippen LogP contribution is 2.23. The molecule has 1 aromatic heterocycles. The van der Waals surface area contributed by atoms with Gasteiger partial charge in [-0.1, -0.05) is 12.5 Å². The number of nitrogens with zero attached hydrogens (tertiary/aromatic N) is 1. The molecular weight excluding hydrogens is 300 g/mol. The van der Waals surface area contributed by atoms with Crippen molar-refractivity contribution in [3.05, 3.63) is 22.4 Å². The van der Waals surface area contributed by atoms with Crippen molar-refractivity contribution in [3.8, 4) is 0 Å². The molecule has 0 bridgehead atoms. The molecule has 0 spiro atoms. The molecular formula is C16H24N2O3S. The lowest BCUT2D eigenvalue weighted by Gasteiger charge is -2.37. The van der Waals surface area contributed by atoms with E-state index in [2.05, 4.69) is 21.7 Å². The number of carbonyl (C=O) groups excluding carboxylic acids is 1. The second kappa shape index (κ2) is 8.06. The molecule has 22 heavy (non-hydrogen) atoms. The molecule has 2 aliphatic heterocycles. The molecule has 2 saturated heterocycles. The number of amides is 1. The van der Waals surface area contributed by atoms with Crippen LogP contribution in [0, 0.1) is 0 Å². The predicted octanol–water partition coefficient (Wildman–Crippen LogP) is 1.63. The van der Waals surface area contributed by atoms with Gasteiger partial charge in [0, 0.05) is 11.4 Å². The molecule has 5 nitrogen and oxygen atoms in total. The van der Waals surface area contributed by atoms with Crippen molar-refractivity contribution in [3.63, 3.8) is 0 Å². The van der Waals surface area contributed by atoms with Gasteiger partial charge in [-0.15, -0.1) is 11.3 Å². The Balaban J connectivity index is 1.44. The van der Waals surface area contributed by atoms with Crippen molar-refractivity contribution in [2.24, 2.45) is 0 Å². The van der Waals surface area contributed by atoms with Crippen molar-refractivity contribution >= 4 is 17.2 Å². The molecule has 1 atom stereocenters. The van der Waals surface area contributed by atoms with Gasteiger partial charge in [0.15, 0.2) is 6.29 Å². The summed E-state index contributed by atoms with van der Waals surface area (Å²) in [7, 11) is 0. The first-order valence-electron chi connectivity index (χ1n) is 8.09. The van der Waals surface area contributed by atoms with E-state index in [1.54, 1.807) is 11.3 Å². The molecule has 2 fully saturated rings. The Hall–Kier alpha value is -0.950. The third-order valence-corrected chi connectivity index (χ3v) is 5.18. The summed E-state index contributed by atoms with van der Waals surface area (Å²) in [4.78, 5) is 15.7. The first-order valence-corrected chi connectivity index (χ1v) is 8.97. The fraction of sp³-hybridized carbons (Fsp3) is 0.688. The summed E-state index contributed by atoms with van der Waals surface area (Å²) >= 11 is 1.73. The molecule has 0 aromatic carbocycles. The molecule has 122 valence electrons. The van der Waals surface area contributed by atoms with Gasteiger partial charge in [-0.05, 0) is 37.3 Å². The van der Waals surface area contributed by atoms with E-state index in [1.807, 2.05) is 6.07 Å². The highest BCUT2D eigenvalue weighted by molar-refractivity contribution is 7.09. The minimum Gasteiger partial charge on any atom is -0.355 e. The SMILES string of the molecule is O=C(CN1CCCCC1C1OCCO1)NCCc1cccs1. The molecule has 3 rings (SSSR count). The fourth-order valence-electron chi connectivity index (χ4n) is 3.14. The van der Waals surface area contributed by atoms with E-state index >= 15 is 0 Å².